The topological polar surface area (TPSA) is 150 Å². The summed E-state index contributed by atoms with van der Waals surface area (Å²) in [7, 11) is 0. The number of nitrogens with one attached hydrogen (secondary N) is 1. The highest BCUT2D eigenvalue weighted by atomic mass is 32.1. The number of carbonyl (C=O) groups excluding carboxylic acids is 3. The zero-order valence-corrected chi connectivity index (χ0v) is 21.6. The zero-order chi connectivity index (χ0) is 26.6. The Morgan fingerprint density at radius 2 is 1.79 bits per heavy atom. The molecule has 194 valence electrons. The molecule has 3 amide bonds. The van der Waals surface area contributed by atoms with E-state index >= 15 is 0 Å². The van der Waals surface area contributed by atoms with Crippen molar-refractivity contribution in [2.75, 3.05) is 23.8 Å². The number of ether oxygens (including phenoxy) is 2. The maximum atomic E-state index is 14.1. The molecule has 0 saturated carbocycles. The molecular formula is C26H23N5O5S2. The molecule has 38 heavy (non-hydrogen) atoms. The molecule has 5 N–H and O–H groups in total. The summed E-state index contributed by atoms with van der Waals surface area (Å²) in [6, 6.07) is 17.0. The number of anilines is 2. The van der Waals surface area contributed by atoms with Gasteiger partial charge < -0.3 is 26.3 Å². The van der Waals surface area contributed by atoms with Crippen LogP contribution in [0.2, 0.25) is 0 Å². The number of nitrogen functional groups attached to an aromatic ring is 1. The number of amides is 3. The standard InChI is InChI=1S/C26H23N5O5S2/c27-20-21(24(28)32)30-38-23(20)26(34)31(16-8-9-17-18(13-16)36-11-10-35-17)22(19-7-4-12-37-19)25(33)29-14-15-5-2-1-3-6-15/h1-9,12-13,22H,10-11,14,27H2,(H2,28,32)(H,29,33). The van der Waals surface area contributed by atoms with Crippen LogP contribution in [0.4, 0.5) is 11.4 Å². The van der Waals surface area contributed by atoms with Crippen molar-refractivity contribution in [3.05, 3.63) is 87.1 Å². The number of carbonyl (C=O) groups is 3. The first-order chi connectivity index (χ1) is 18.4. The third-order valence-electron chi connectivity index (χ3n) is 5.81. The summed E-state index contributed by atoms with van der Waals surface area (Å²) in [6.45, 7) is 1.02. The molecule has 1 aliphatic heterocycles. The fourth-order valence-corrected chi connectivity index (χ4v) is 5.56. The smallest absolute Gasteiger partial charge is 0.273 e. The molecule has 2 aromatic heterocycles. The Morgan fingerprint density at radius 3 is 2.47 bits per heavy atom. The molecule has 0 fully saturated rings. The zero-order valence-electron chi connectivity index (χ0n) is 20.0. The van der Waals surface area contributed by atoms with Crippen LogP contribution in [0.5, 0.6) is 11.5 Å². The Labute approximate surface area is 225 Å². The summed E-state index contributed by atoms with van der Waals surface area (Å²) < 4.78 is 15.4. The van der Waals surface area contributed by atoms with Gasteiger partial charge in [0.05, 0.1) is 5.69 Å². The monoisotopic (exact) mass is 549 g/mol. The number of aromatic nitrogens is 1. The van der Waals surface area contributed by atoms with E-state index in [1.807, 2.05) is 35.7 Å². The van der Waals surface area contributed by atoms with Crippen LogP contribution < -0.4 is 31.2 Å². The SMILES string of the molecule is NC(=O)c1nsc(C(=O)N(c2ccc3c(c2)OCCO3)C(C(=O)NCc2ccccc2)c2cccs2)c1N. The van der Waals surface area contributed by atoms with Crippen molar-refractivity contribution >= 4 is 52.0 Å². The first-order valence-corrected chi connectivity index (χ1v) is 13.2. The molecule has 12 heteroatoms. The predicted octanol–water partition coefficient (Wildman–Crippen LogP) is 3.36. The number of benzene rings is 2. The minimum atomic E-state index is -1.06. The lowest BCUT2D eigenvalue weighted by atomic mass is 10.1. The number of nitrogens with two attached hydrogens (primary N) is 2. The summed E-state index contributed by atoms with van der Waals surface area (Å²) >= 11 is 2.08. The number of nitrogens with zero attached hydrogens (tertiary/aromatic N) is 2. The van der Waals surface area contributed by atoms with Gasteiger partial charge in [-0.15, -0.1) is 11.3 Å². The van der Waals surface area contributed by atoms with Crippen LogP contribution in [0.25, 0.3) is 0 Å². The van der Waals surface area contributed by atoms with Gasteiger partial charge in [-0.25, -0.2) is 0 Å². The molecule has 0 saturated heterocycles. The Hall–Kier alpha value is -4.42. The van der Waals surface area contributed by atoms with E-state index in [1.54, 1.807) is 30.3 Å². The molecule has 0 aliphatic carbocycles. The third kappa shape index (κ3) is 5.04. The van der Waals surface area contributed by atoms with Crippen molar-refractivity contribution in [2.24, 2.45) is 5.73 Å². The van der Waals surface area contributed by atoms with E-state index in [-0.39, 0.29) is 22.8 Å². The first-order valence-electron chi connectivity index (χ1n) is 11.6. The highest BCUT2D eigenvalue weighted by Gasteiger charge is 2.37. The van der Waals surface area contributed by atoms with Gasteiger partial charge in [-0.05, 0) is 40.7 Å². The second-order valence-electron chi connectivity index (χ2n) is 8.26. The number of primary amides is 1. The lowest BCUT2D eigenvalue weighted by Crippen LogP contribution is -2.43. The number of thiophene rings is 1. The summed E-state index contributed by atoms with van der Waals surface area (Å²) in [6.07, 6.45) is 0. The molecular weight excluding hydrogens is 526 g/mol. The molecule has 0 spiro atoms. The van der Waals surface area contributed by atoms with Gasteiger partial charge in [0.25, 0.3) is 11.8 Å². The molecule has 3 heterocycles. The summed E-state index contributed by atoms with van der Waals surface area (Å²) in [4.78, 5) is 41.6. The molecule has 10 nitrogen and oxygen atoms in total. The maximum Gasteiger partial charge on any atom is 0.273 e. The van der Waals surface area contributed by atoms with Crippen LogP contribution in [-0.2, 0) is 11.3 Å². The van der Waals surface area contributed by atoms with E-state index < -0.39 is 23.8 Å². The fraction of sp³-hybridized carbons (Fsp3) is 0.154. The first kappa shape index (κ1) is 25.2. The second-order valence-corrected chi connectivity index (χ2v) is 10.0. The Balaban J connectivity index is 1.59. The van der Waals surface area contributed by atoms with E-state index in [2.05, 4.69) is 9.69 Å². The van der Waals surface area contributed by atoms with E-state index in [1.165, 1.54) is 16.2 Å². The minimum Gasteiger partial charge on any atom is -0.486 e. The van der Waals surface area contributed by atoms with Gasteiger partial charge in [0.1, 0.15) is 18.1 Å². The van der Waals surface area contributed by atoms with Crippen molar-refractivity contribution in [1.82, 2.24) is 9.69 Å². The highest BCUT2D eigenvalue weighted by Crippen LogP contribution is 2.39. The van der Waals surface area contributed by atoms with E-state index in [9.17, 15) is 14.4 Å². The number of hydrogen-bond acceptors (Lipinski definition) is 9. The van der Waals surface area contributed by atoms with Crippen LogP contribution in [0, 0.1) is 0 Å². The van der Waals surface area contributed by atoms with Crippen LogP contribution in [0.15, 0.2) is 66.0 Å². The number of fused-ring (bicyclic) bond motifs is 1. The summed E-state index contributed by atoms with van der Waals surface area (Å²) in [5.74, 6) is -0.896. The van der Waals surface area contributed by atoms with Gasteiger partial charge in [-0.2, -0.15) is 4.37 Å². The molecule has 5 rings (SSSR count). The van der Waals surface area contributed by atoms with Gasteiger partial charge in [-0.1, -0.05) is 36.4 Å². The molecule has 0 radical (unpaired) electrons. The highest BCUT2D eigenvalue weighted by molar-refractivity contribution is 7.10. The van der Waals surface area contributed by atoms with Gasteiger partial charge in [0.15, 0.2) is 23.2 Å². The third-order valence-corrected chi connectivity index (χ3v) is 7.58. The van der Waals surface area contributed by atoms with E-state index in [0.717, 1.165) is 17.1 Å². The number of hydrogen-bond donors (Lipinski definition) is 3. The van der Waals surface area contributed by atoms with Crippen molar-refractivity contribution < 1.29 is 23.9 Å². The van der Waals surface area contributed by atoms with Gasteiger partial charge in [0, 0.05) is 23.2 Å². The Morgan fingerprint density at radius 1 is 1.03 bits per heavy atom. The van der Waals surface area contributed by atoms with Crippen molar-refractivity contribution in [3.63, 3.8) is 0 Å². The van der Waals surface area contributed by atoms with Crippen LogP contribution in [0.1, 0.15) is 36.6 Å². The minimum absolute atomic E-state index is 0.00824. The number of rotatable bonds is 8. The fourth-order valence-electron chi connectivity index (χ4n) is 4.01. The quantitative estimate of drug-likeness (QED) is 0.305. The Bertz CT molecular complexity index is 1470. The molecule has 1 unspecified atom stereocenters. The van der Waals surface area contributed by atoms with Crippen molar-refractivity contribution in [2.45, 2.75) is 12.6 Å². The van der Waals surface area contributed by atoms with Gasteiger partial charge in [0.2, 0.25) is 5.91 Å². The lowest BCUT2D eigenvalue weighted by Gasteiger charge is -2.31. The summed E-state index contributed by atoms with van der Waals surface area (Å²) in [5.41, 5.74) is 12.4. The average molecular weight is 550 g/mol. The van der Waals surface area contributed by atoms with E-state index in [0.29, 0.717) is 35.3 Å². The molecule has 1 atom stereocenters. The predicted molar refractivity (Wildman–Crippen MR) is 145 cm³/mol. The normalized spacial score (nSPS) is 12.9. The van der Waals surface area contributed by atoms with Crippen molar-refractivity contribution in [1.29, 1.82) is 0 Å². The van der Waals surface area contributed by atoms with Crippen molar-refractivity contribution in [3.8, 4) is 11.5 Å². The van der Waals surface area contributed by atoms with Gasteiger partial charge in [-0.3, -0.25) is 19.3 Å². The van der Waals surface area contributed by atoms with Gasteiger partial charge >= 0.3 is 0 Å². The maximum absolute atomic E-state index is 14.1. The van der Waals surface area contributed by atoms with E-state index in [4.69, 9.17) is 20.9 Å². The second kappa shape index (κ2) is 10.9. The Kier molecular flexibility index (Phi) is 7.24. The lowest BCUT2D eigenvalue weighted by molar-refractivity contribution is -0.122. The average Bonchev–Trinajstić information content (AvgIpc) is 3.60. The molecule has 1 aliphatic rings. The van der Waals surface area contributed by atoms with Crippen LogP contribution >= 0.6 is 22.9 Å². The molecule has 2 aromatic carbocycles. The molecule has 4 aromatic rings. The van der Waals surface area contributed by atoms with Crippen LogP contribution in [-0.4, -0.2) is 35.3 Å². The molecule has 0 bridgehead atoms. The summed E-state index contributed by atoms with van der Waals surface area (Å²) in [5, 5.41) is 4.77. The van der Waals surface area contributed by atoms with Crippen LogP contribution in [0.3, 0.4) is 0 Å². The largest absolute Gasteiger partial charge is 0.486 e.